The maximum Gasteiger partial charge on any atom is 0.326 e. The summed E-state index contributed by atoms with van der Waals surface area (Å²) in [7, 11) is 0. The van der Waals surface area contributed by atoms with E-state index in [9.17, 15) is 9.90 Å². The minimum absolute atomic E-state index is 0.141. The van der Waals surface area contributed by atoms with Gasteiger partial charge in [-0.25, -0.2) is 4.79 Å². The first kappa shape index (κ1) is 14.9. The molecule has 0 aromatic heterocycles. The van der Waals surface area contributed by atoms with Crippen molar-refractivity contribution >= 4 is 11.7 Å². The fourth-order valence-electron chi connectivity index (χ4n) is 3.71. The first-order chi connectivity index (χ1) is 9.29. The van der Waals surface area contributed by atoms with Crippen molar-refractivity contribution in [3.05, 3.63) is 29.3 Å². The molecule has 1 aromatic rings. The number of carboxylic acid groups (broad SMARTS) is 1. The second kappa shape index (κ2) is 5.12. The topological polar surface area (TPSA) is 40.5 Å². The zero-order chi connectivity index (χ0) is 15.1. The molecule has 20 heavy (non-hydrogen) atoms. The molecule has 3 heteroatoms. The molecule has 1 N–H and O–H groups in total. The number of hydrogen-bond donors (Lipinski definition) is 1. The van der Waals surface area contributed by atoms with Crippen LogP contribution in [0.3, 0.4) is 0 Å². The normalized spacial score (nSPS) is 22.2. The molecule has 1 aliphatic heterocycles. The maximum atomic E-state index is 11.7. The number of nitrogens with zero attached hydrogens (tertiary/aromatic N) is 1. The van der Waals surface area contributed by atoms with Crippen LogP contribution in [0.5, 0.6) is 0 Å². The van der Waals surface area contributed by atoms with Gasteiger partial charge in [0.25, 0.3) is 0 Å². The Labute approximate surface area is 121 Å². The summed E-state index contributed by atoms with van der Waals surface area (Å²) in [5, 5.41) is 9.60. The first-order valence-corrected chi connectivity index (χ1v) is 7.41. The molecule has 0 bridgehead atoms. The third-order valence-corrected chi connectivity index (χ3v) is 4.48. The van der Waals surface area contributed by atoms with Crippen molar-refractivity contribution in [1.29, 1.82) is 0 Å². The van der Waals surface area contributed by atoms with E-state index in [-0.39, 0.29) is 5.54 Å². The minimum atomic E-state index is -0.732. The molecule has 0 saturated carbocycles. The van der Waals surface area contributed by atoms with Gasteiger partial charge in [-0.05, 0) is 50.7 Å². The Bertz CT molecular complexity index is 522. The van der Waals surface area contributed by atoms with Gasteiger partial charge in [0.2, 0.25) is 0 Å². The van der Waals surface area contributed by atoms with Gasteiger partial charge in [0.1, 0.15) is 6.04 Å². The number of benzene rings is 1. The highest BCUT2D eigenvalue weighted by molar-refractivity contribution is 5.81. The largest absolute Gasteiger partial charge is 0.480 e. The van der Waals surface area contributed by atoms with Crippen molar-refractivity contribution in [2.24, 2.45) is 0 Å². The molecule has 110 valence electrons. The van der Waals surface area contributed by atoms with Crippen molar-refractivity contribution < 1.29 is 9.90 Å². The fourth-order valence-corrected chi connectivity index (χ4v) is 3.71. The van der Waals surface area contributed by atoms with Gasteiger partial charge >= 0.3 is 5.97 Å². The van der Waals surface area contributed by atoms with Crippen molar-refractivity contribution in [3.8, 4) is 0 Å². The van der Waals surface area contributed by atoms with Crippen LogP contribution in [-0.2, 0) is 4.79 Å². The summed E-state index contributed by atoms with van der Waals surface area (Å²) in [5.41, 5.74) is 3.44. The van der Waals surface area contributed by atoms with Crippen LogP contribution in [-0.4, -0.2) is 22.7 Å². The average molecular weight is 275 g/mol. The lowest BCUT2D eigenvalue weighted by atomic mass is 9.78. The maximum absolute atomic E-state index is 11.7. The fraction of sp³-hybridized carbons (Fsp3) is 0.588. The predicted octanol–water partition coefficient (Wildman–Crippen LogP) is 3.95. The Balaban J connectivity index is 2.65. The van der Waals surface area contributed by atoms with Crippen LogP contribution in [0.15, 0.2) is 18.2 Å². The number of anilines is 1. The molecular weight excluding hydrogens is 250 g/mol. The van der Waals surface area contributed by atoms with Crippen LogP contribution < -0.4 is 4.90 Å². The summed E-state index contributed by atoms with van der Waals surface area (Å²) in [6.45, 7) is 10.6. The average Bonchev–Trinajstić information content (AvgIpc) is 2.33. The summed E-state index contributed by atoms with van der Waals surface area (Å²) < 4.78 is 0. The number of hydrogen-bond acceptors (Lipinski definition) is 2. The number of aryl methyl sites for hydroxylation is 1. The summed E-state index contributed by atoms with van der Waals surface area (Å²) in [4.78, 5) is 13.8. The molecule has 1 aliphatic rings. The van der Waals surface area contributed by atoms with Crippen LogP contribution in [0.4, 0.5) is 5.69 Å². The number of carbonyl (C=O) groups is 1. The van der Waals surface area contributed by atoms with Crippen molar-refractivity contribution in [2.75, 3.05) is 4.90 Å². The number of fused-ring (bicyclic) bond motifs is 1. The van der Waals surface area contributed by atoms with Gasteiger partial charge in [-0.3, -0.25) is 0 Å². The molecule has 0 spiro atoms. The van der Waals surface area contributed by atoms with Crippen molar-refractivity contribution in [3.63, 3.8) is 0 Å². The number of para-hydroxylation sites is 1. The molecule has 0 fully saturated rings. The highest BCUT2D eigenvalue weighted by Crippen LogP contribution is 2.46. The van der Waals surface area contributed by atoms with E-state index in [1.807, 2.05) is 6.92 Å². The molecule has 0 aliphatic carbocycles. The van der Waals surface area contributed by atoms with Gasteiger partial charge in [0.15, 0.2) is 0 Å². The smallest absolute Gasteiger partial charge is 0.326 e. The van der Waals surface area contributed by atoms with E-state index in [1.165, 1.54) is 11.1 Å². The van der Waals surface area contributed by atoms with Crippen LogP contribution in [0.25, 0.3) is 0 Å². The molecule has 3 nitrogen and oxygen atoms in total. The van der Waals surface area contributed by atoms with Gasteiger partial charge in [0.05, 0.1) is 0 Å². The lowest BCUT2D eigenvalue weighted by Gasteiger charge is -2.50. The number of carboxylic acids is 1. The SMILES string of the molecule is CC[C@@H](C(=O)O)N1c2c(C)cccc2[C@@H](C)CC1(C)C. The molecule has 1 heterocycles. The van der Waals surface area contributed by atoms with Crippen LogP contribution in [0.2, 0.25) is 0 Å². The second-order valence-corrected chi connectivity index (χ2v) is 6.56. The summed E-state index contributed by atoms with van der Waals surface area (Å²) in [5.74, 6) is -0.271. The van der Waals surface area contributed by atoms with E-state index in [0.29, 0.717) is 12.3 Å². The Morgan fingerprint density at radius 2 is 2.15 bits per heavy atom. The van der Waals surface area contributed by atoms with Gasteiger partial charge < -0.3 is 10.0 Å². The lowest BCUT2D eigenvalue weighted by Crippen LogP contribution is -2.56. The van der Waals surface area contributed by atoms with Gasteiger partial charge in [-0.2, -0.15) is 0 Å². The standard InChI is InChI=1S/C17H25NO2/c1-6-14(16(19)20)18-15-11(2)8-7-9-13(15)12(3)10-17(18,4)5/h7-9,12,14H,6,10H2,1-5H3,(H,19,20)/t12-,14-/m0/s1. The molecule has 0 saturated heterocycles. The monoisotopic (exact) mass is 275 g/mol. The van der Waals surface area contributed by atoms with Crippen molar-refractivity contribution in [1.82, 2.24) is 0 Å². The molecule has 2 atom stereocenters. The van der Waals surface area contributed by atoms with Crippen LogP contribution in [0.1, 0.15) is 57.6 Å². The zero-order valence-electron chi connectivity index (χ0n) is 13.1. The van der Waals surface area contributed by atoms with E-state index in [1.54, 1.807) is 0 Å². The highest BCUT2D eigenvalue weighted by atomic mass is 16.4. The Morgan fingerprint density at radius 3 is 2.70 bits per heavy atom. The zero-order valence-corrected chi connectivity index (χ0v) is 13.1. The molecule has 1 aromatic carbocycles. The van der Waals surface area contributed by atoms with Gasteiger partial charge in [-0.1, -0.05) is 32.0 Å². The minimum Gasteiger partial charge on any atom is -0.480 e. The highest BCUT2D eigenvalue weighted by Gasteiger charge is 2.42. The third-order valence-electron chi connectivity index (χ3n) is 4.48. The molecule has 2 rings (SSSR count). The number of rotatable bonds is 3. The summed E-state index contributed by atoms with van der Waals surface area (Å²) in [6.07, 6.45) is 1.59. The van der Waals surface area contributed by atoms with E-state index in [2.05, 4.69) is 50.8 Å². The lowest BCUT2D eigenvalue weighted by molar-refractivity contribution is -0.139. The van der Waals surface area contributed by atoms with Gasteiger partial charge in [0, 0.05) is 11.2 Å². The summed E-state index contributed by atoms with van der Waals surface area (Å²) >= 11 is 0. The molecule has 0 unspecified atom stereocenters. The molecular formula is C17H25NO2. The van der Waals surface area contributed by atoms with E-state index in [0.717, 1.165) is 12.1 Å². The quantitative estimate of drug-likeness (QED) is 0.908. The Hall–Kier alpha value is -1.51. The van der Waals surface area contributed by atoms with Crippen LogP contribution in [0, 0.1) is 6.92 Å². The molecule has 0 amide bonds. The predicted molar refractivity (Wildman–Crippen MR) is 82.5 cm³/mol. The first-order valence-electron chi connectivity index (χ1n) is 7.41. The van der Waals surface area contributed by atoms with Gasteiger partial charge in [-0.15, -0.1) is 0 Å². The Kier molecular flexibility index (Phi) is 3.81. The second-order valence-electron chi connectivity index (χ2n) is 6.56. The van der Waals surface area contributed by atoms with Crippen molar-refractivity contribution in [2.45, 2.75) is 65.0 Å². The number of aliphatic carboxylic acids is 1. The molecule has 0 radical (unpaired) electrons. The third kappa shape index (κ3) is 2.30. The van der Waals surface area contributed by atoms with Crippen LogP contribution >= 0.6 is 0 Å². The van der Waals surface area contributed by atoms with E-state index in [4.69, 9.17) is 0 Å². The Morgan fingerprint density at radius 1 is 1.50 bits per heavy atom. The van der Waals surface area contributed by atoms with E-state index < -0.39 is 12.0 Å². The summed E-state index contributed by atoms with van der Waals surface area (Å²) in [6, 6.07) is 5.83. The van der Waals surface area contributed by atoms with E-state index >= 15 is 0 Å².